The highest BCUT2D eigenvalue weighted by atomic mass is 35.5. The van der Waals surface area contributed by atoms with E-state index in [-0.39, 0.29) is 10.7 Å². The minimum absolute atomic E-state index is 0.00994. The summed E-state index contributed by atoms with van der Waals surface area (Å²) < 4.78 is 0. The van der Waals surface area contributed by atoms with Crippen molar-refractivity contribution in [2.24, 2.45) is 0 Å². The Morgan fingerprint density at radius 1 is 1.67 bits per heavy atom. The van der Waals surface area contributed by atoms with Crippen LogP contribution in [0.1, 0.15) is 24.2 Å². The van der Waals surface area contributed by atoms with Gasteiger partial charge in [-0.2, -0.15) is 0 Å². The van der Waals surface area contributed by atoms with Crippen LogP contribution in [0, 0.1) is 22.5 Å². The van der Waals surface area contributed by atoms with Crippen LogP contribution < -0.4 is 5.32 Å². The lowest BCUT2D eigenvalue weighted by Gasteiger charge is -2.19. The fourth-order valence-corrected chi connectivity index (χ4v) is 1.30. The standard InChI is InChI=1S/C11H10ClN3O3/c1-4-11(2,3)14-10(16)7-5-9(12)13-6-8(7)15(17)18/h1,5-6H,2-3H3,(H,14,16). The number of nitrogens with one attached hydrogen (secondary N) is 1. The monoisotopic (exact) mass is 267 g/mol. The highest BCUT2D eigenvalue weighted by molar-refractivity contribution is 6.29. The van der Waals surface area contributed by atoms with Crippen LogP contribution in [0.5, 0.6) is 0 Å². The number of carbonyl (C=O) groups excluding carboxylic acids is 1. The zero-order valence-electron chi connectivity index (χ0n) is 9.73. The van der Waals surface area contributed by atoms with Gasteiger partial charge in [0.25, 0.3) is 11.6 Å². The van der Waals surface area contributed by atoms with E-state index in [2.05, 4.69) is 16.2 Å². The number of amides is 1. The first-order chi connectivity index (χ1) is 8.26. The van der Waals surface area contributed by atoms with E-state index in [1.54, 1.807) is 13.8 Å². The second kappa shape index (κ2) is 5.02. The Balaban J connectivity index is 3.17. The Morgan fingerprint density at radius 3 is 2.78 bits per heavy atom. The van der Waals surface area contributed by atoms with Crippen molar-refractivity contribution in [1.29, 1.82) is 0 Å². The minimum atomic E-state index is -0.916. The predicted octanol–water partition coefficient (Wildman–Crippen LogP) is 1.78. The SMILES string of the molecule is C#CC(C)(C)NC(=O)c1cc(Cl)ncc1[N+](=O)[O-]. The van der Waals surface area contributed by atoms with Crippen molar-refractivity contribution in [2.45, 2.75) is 19.4 Å². The molecular weight excluding hydrogens is 258 g/mol. The fourth-order valence-electron chi connectivity index (χ4n) is 1.14. The zero-order chi connectivity index (χ0) is 13.9. The van der Waals surface area contributed by atoms with E-state index >= 15 is 0 Å². The first kappa shape index (κ1) is 13.9. The Hall–Kier alpha value is -2.13. The van der Waals surface area contributed by atoms with Crippen molar-refractivity contribution in [3.63, 3.8) is 0 Å². The van der Waals surface area contributed by atoms with E-state index in [1.165, 1.54) is 0 Å². The number of carbonyl (C=O) groups is 1. The number of aromatic nitrogens is 1. The Kier molecular flexibility index (Phi) is 3.89. The number of nitro groups is 1. The van der Waals surface area contributed by atoms with Gasteiger partial charge in [0.1, 0.15) is 16.9 Å². The summed E-state index contributed by atoms with van der Waals surface area (Å²) in [5, 5.41) is 13.2. The molecule has 1 N–H and O–H groups in total. The summed E-state index contributed by atoms with van der Waals surface area (Å²) in [5.74, 6) is 1.68. The second-order valence-electron chi connectivity index (χ2n) is 4.00. The van der Waals surface area contributed by atoms with Gasteiger partial charge in [-0.25, -0.2) is 4.98 Å². The third-order valence-corrected chi connectivity index (χ3v) is 2.28. The molecule has 1 rings (SSSR count). The smallest absolute Gasteiger partial charge is 0.300 e. The van der Waals surface area contributed by atoms with Gasteiger partial charge in [0.15, 0.2) is 0 Å². The van der Waals surface area contributed by atoms with Crippen LogP contribution in [0.2, 0.25) is 5.15 Å². The third kappa shape index (κ3) is 3.18. The lowest BCUT2D eigenvalue weighted by Crippen LogP contribution is -2.42. The molecule has 1 aromatic rings. The van der Waals surface area contributed by atoms with Gasteiger partial charge in [-0.1, -0.05) is 17.5 Å². The number of hydrogen-bond acceptors (Lipinski definition) is 4. The summed E-state index contributed by atoms with van der Waals surface area (Å²) in [7, 11) is 0. The highest BCUT2D eigenvalue weighted by Gasteiger charge is 2.25. The Bertz CT molecular complexity index is 549. The molecule has 0 saturated carbocycles. The van der Waals surface area contributed by atoms with E-state index in [1.807, 2.05) is 0 Å². The maximum absolute atomic E-state index is 11.9. The molecule has 1 amide bonds. The maximum Gasteiger partial charge on any atom is 0.300 e. The molecule has 0 atom stereocenters. The summed E-state index contributed by atoms with van der Waals surface area (Å²) >= 11 is 5.62. The van der Waals surface area contributed by atoms with Crippen molar-refractivity contribution < 1.29 is 9.72 Å². The second-order valence-corrected chi connectivity index (χ2v) is 4.39. The molecule has 1 heterocycles. The normalized spacial score (nSPS) is 10.6. The average molecular weight is 268 g/mol. The largest absolute Gasteiger partial charge is 0.336 e. The molecule has 0 aliphatic heterocycles. The van der Waals surface area contributed by atoms with E-state index in [4.69, 9.17) is 18.0 Å². The number of terminal acetylenes is 1. The molecule has 0 saturated heterocycles. The molecule has 7 heteroatoms. The summed E-state index contributed by atoms with van der Waals surface area (Å²) in [6.45, 7) is 3.19. The van der Waals surface area contributed by atoms with Crippen LogP contribution in [0.4, 0.5) is 5.69 Å². The van der Waals surface area contributed by atoms with Crippen LogP contribution in [-0.2, 0) is 0 Å². The highest BCUT2D eigenvalue weighted by Crippen LogP contribution is 2.20. The van der Waals surface area contributed by atoms with Gasteiger partial charge in [-0.05, 0) is 19.9 Å². The molecule has 6 nitrogen and oxygen atoms in total. The molecule has 0 bridgehead atoms. The van der Waals surface area contributed by atoms with Crippen LogP contribution in [0.15, 0.2) is 12.3 Å². The first-order valence-electron chi connectivity index (χ1n) is 4.87. The summed E-state index contributed by atoms with van der Waals surface area (Å²) in [6, 6.07) is 1.13. The molecule has 18 heavy (non-hydrogen) atoms. The lowest BCUT2D eigenvalue weighted by atomic mass is 10.1. The predicted molar refractivity (Wildman–Crippen MR) is 66.3 cm³/mol. The average Bonchev–Trinajstić information content (AvgIpc) is 2.28. The van der Waals surface area contributed by atoms with Crippen molar-refractivity contribution in [1.82, 2.24) is 10.3 Å². The van der Waals surface area contributed by atoms with Crippen molar-refractivity contribution in [2.75, 3.05) is 0 Å². The summed E-state index contributed by atoms with van der Waals surface area (Å²) in [6.07, 6.45) is 6.15. The molecule has 0 fully saturated rings. The van der Waals surface area contributed by atoms with E-state index in [9.17, 15) is 14.9 Å². The zero-order valence-corrected chi connectivity index (χ0v) is 10.5. The fraction of sp³-hybridized carbons (Fsp3) is 0.273. The Morgan fingerprint density at radius 2 is 2.28 bits per heavy atom. The molecular formula is C11H10ClN3O3. The quantitative estimate of drug-likeness (QED) is 0.391. The molecule has 0 aromatic carbocycles. The van der Waals surface area contributed by atoms with Crippen molar-refractivity contribution in [3.8, 4) is 12.3 Å². The van der Waals surface area contributed by atoms with Gasteiger partial charge in [0, 0.05) is 0 Å². The minimum Gasteiger partial charge on any atom is -0.336 e. The van der Waals surface area contributed by atoms with E-state index < -0.39 is 22.1 Å². The van der Waals surface area contributed by atoms with Crippen LogP contribution >= 0.6 is 11.6 Å². The number of pyridine rings is 1. The summed E-state index contributed by atoms with van der Waals surface area (Å²) in [4.78, 5) is 25.5. The van der Waals surface area contributed by atoms with Gasteiger partial charge in [0.05, 0.1) is 10.5 Å². The van der Waals surface area contributed by atoms with E-state index in [0.717, 1.165) is 12.3 Å². The molecule has 0 spiro atoms. The van der Waals surface area contributed by atoms with Gasteiger partial charge in [0.2, 0.25) is 0 Å². The van der Waals surface area contributed by atoms with Gasteiger partial charge >= 0.3 is 0 Å². The van der Waals surface area contributed by atoms with Gasteiger partial charge < -0.3 is 5.32 Å². The first-order valence-corrected chi connectivity index (χ1v) is 5.25. The third-order valence-electron chi connectivity index (χ3n) is 2.08. The van der Waals surface area contributed by atoms with Gasteiger partial charge in [-0.3, -0.25) is 14.9 Å². The van der Waals surface area contributed by atoms with Crippen molar-refractivity contribution in [3.05, 3.63) is 33.1 Å². The number of nitrogens with zero attached hydrogens (tertiary/aromatic N) is 2. The van der Waals surface area contributed by atoms with Crippen molar-refractivity contribution >= 4 is 23.2 Å². The number of rotatable bonds is 3. The van der Waals surface area contributed by atoms with Crippen LogP contribution in [-0.4, -0.2) is 21.4 Å². The molecule has 0 radical (unpaired) electrons. The topological polar surface area (TPSA) is 85.1 Å². The number of halogens is 1. The maximum atomic E-state index is 11.9. The number of hydrogen-bond donors (Lipinski definition) is 1. The lowest BCUT2D eigenvalue weighted by molar-refractivity contribution is -0.385. The molecule has 0 aliphatic carbocycles. The molecule has 1 aromatic heterocycles. The van der Waals surface area contributed by atoms with E-state index in [0.29, 0.717) is 0 Å². The van der Waals surface area contributed by atoms with Gasteiger partial charge in [-0.15, -0.1) is 6.42 Å². The molecule has 0 unspecified atom stereocenters. The Labute approximate surface area is 109 Å². The summed E-state index contributed by atoms with van der Waals surface area (Å²) in [5.41, 5.74) is -1.52. The van der Waals surface area contributed by atoms with Crippen LogP contribution in [0.25, 0.3) is 0 Å². The molecule has 0 aliphatic rings. The van der Waals surface area contributed by atoms with Crippen LogP contribution in [0.3, 0.4) is 0 Å². The molecule has 94 valence electrons.